The number of methoxy groups -OCH3 is 2. The van der Waals surface area contributed by atoms with Crippen molar-refractivity contribution < 1.29 is 19.0 Å². The van der Waals surface area contributed by atoms with Crippen LogP contribution in [0, 0.1) is 0 Å². The van der Waals surface area contributed by atoms with E-state index >= 15 is 0 Å². The van der Waals surface area contributed by atoms with Crippen molar-refractivity contribution >= 4 is 23.4 Å². The van der Waals surface area contributed by atoms with Crippen LogP contribution >= 0.6 is 11.8 Å². The van der Waals surface area contributed by atoms with E-state index in [1.54, 1.807) is 44.8 Å². The van der Waals surface area contributed by atoms with Crippen LogP contribution in [-0.2, 0) is 4.79 Å². The lowest BCUT2D eigenvalue weighted by atomic mass is 10.2. The maximum atomic E-state index is 12.4. The molecule has 0 bridgehead atoms. The molecule has 2 aromatic carbocycles. The number of carbonyl (C=O) groups is 1. The second-order valence-corrected chi connectivity index (χ2v) is 6.45. The van der Waals surface area contributed by atoms with E-state index in [9.17, 15) is 4.79 Å². The Kier molecular flexibility index (Phi) is 6.69. The number of ether oxygens (including phenoxy) is 3. The van der Waals surface area contributed by atoms with Gasteiger partial charge in [0.25, 0.3) is 5.88 Å². The van der Waals surface area contributed by atoms with E-state index in [-0.39, 0.29) is 11.7 Å². The maximum absolute atomic E-state index is 12.4. The molecule has 1 aromatic heterocycles. The summed E-state index contributed by atoms with van der Waals surface area (Å²) in [6.07, 6.45) is 3.10. The normalized spacial score (nSPS) is 10.2. The van der Waals surface area contributed by atoms with Crippen LogP contribution in [0.3, 0.4) is 0 Å². The van der Waals surface area contributed by atoms with Crippen LogP contribution < -0.4 is 19.5 Å². The Bertz CT molecular complexity index is 938. The van der Waals surface area contributed by atoms with E-state index < -0.39 is 0 Å². The quantitative estimate of drug-likeness (QED) is 0.575. The molecule has 0 aliphatic rings. The zero-order chi connectivity index (χ0) is 19.8. The van der Waals surface area contributed by atoms with Gasteiger partial charge in [-0.15, -0.1) is 0 Å². The van der Waals surface area contributed by atoms with Crippen LogP contribution in [0.4, 0.5) is 5.69 Å². The zero-order valence-electron chi connectivity index (χ0n) is 15.4. The van der Waals surface area contributed by atoms with Crippen molar-refractivity contribution in [2.75, 3.05) is 25.3 Å². The van der Waals surface area contributed by atoms with Crippen LogP contribution in [0.25, 0.3) is 0 Å². The molecule has 144 valence electrons. The van der Waals surface area contributed by atoms with Gasteiger partial charge >= 0.3 is 0 Å². The Labute approximate surface area is 167 Å². The van der Waals surface area contributed by atoms with E-state index in [2.05, 4.69) is 15.3 Å². The molecule has 0 saturated carbocycles. The topological polar surface area (TPSA) is 82.6 Å². The van der Waals surface area contributed by atoms with Gasteiger partial charge in [-0.25, -0.2) is 9.97 Å². The van der Waals surface area contributed by atoms with Crippen LogP contribution in [-0.4, -0.2) is 35.8 Å². The van der Waals surface area contributed by atoms with Crippen LogP contribution in [0.1, 0.15) is 0 Å². The van der Waals surface area contributed by atoms with Gasteiger partial charge in [-0.1, -0.05) is 30.0 Å². The number of rotatable bonds is 8. The fourth-order valence-corrected chi connectivity index (χ4v) is 3.01. The van der Waals surface area contributed by atoms with Gasteiger partial charge in [0.15, 0.2) is 5.03 Å². The van der Waals surface area contributed by atoms with Gasteiger partial charge in [0, 0.05) is 18.5 Å². The summed E-state index contributed by atoms with van der Waals surface area (Å²) in [7, 11) is 3.10. The summed E-state index contributed by atoms with van der Waals surface area (Å²) in [4.78, 5) is 20.9. The van der Waals surface area contributed by atoms with Crippen molar-refractivity contribution in [2.45, 2.75) is 5.03 Å². The molecule has 0 aliphatic carbocycles. The van der Waals surface area contributed by atoms with E-state index in [4.69, 9.17) is 14.2 Å². The molecular formula is C20H19N3O4S. The average Bonchev–Trinajstić information content (AvgIpc) is 2.74. The van der Waals surface area contributed by atoms with Crippen LogP contribution in [0.15, 0.2) is 66.0 Å². The van der Waals surface area contributed by atoms with Gasteiger partial charge in [-0.3, -0.25) is 4.79 Å². The fourth-order valence-electron chi connectivity index (χ4n) is 2.31. The van der Waals surface area contributed by atoms with E-state index in [0.717, 1.165) is 0 Å². The first kappa shape index (κ1) is 19.5. The molecule has 0 unspecified atom stereocenters. The molecule has 0 fully saturated rings. The summed E-state index contributed by atoms with van der Waals surface area (Å²) in [5, 5.41) is 3.35. The predicted octanol–water partition coefficient (Wildman–Crippen LogP) is 4.02. The molecule has 7 nitrogen and oxygen atoms in total. The second-order valence-electron chi connectivity index (χ2n) is 5.48. The number of hydrogen-bond donors (Lipinski definition) is 1. The molecule has 0 radical (unpaired) electrons. The third kappa shape index (κ3) is 5.14. The van der Waals surface area contributed by atoms with Crippen LogP contribution in [0.5, 0.6) is 23.1 Å². The first-order valence-corrected chi connectivity index (χ1v) is 9.36. The number of benzene rings is 2. The zero-order valence-corrected chi connectivity index (χ0v) is 16.2. The van der Waals surface area contributed by atoms with Gasteiger partial charge in [0.05, 0.1) is 25.7 Å². The molecule has 0 saturated heterocycles. The smallest absolute Gasteiger partial charge is 0.252 e. The Morgan fingerprint density at radius 1 is 1.00 bits per heavy atom. The Hall–Kier alpha value is -3.26. The summed E-state index contributed by atoms with van der Waals surface area (Å²) < 4.78 is 16.2. The molecule has 1 N–H and O–H groups in total. The number of nitrogens with one attached hydrogen (secondary N) is 1. The summed E-state index contributed by atoms with van der Waals surface area (Å²) >= 11 is 1.23. The van der Waals surface area contributed by atoms with Crippen molar-refractivity contribution in [2.24, 2.45) is 0 Å². The van der Waals surface area contributed by atoms with E-state index in [0.29, 0.717) is 33.8 Å². The number of aromatic nitrogens is 2. The number of amides is 1. The van der Waals surface area contributed by atoms with Crippen molar-refractivity contribution in [3.63, 3.8) is 0 Å². The highest BCUT2D eigenvalue weighted by molar-refractivity contribution is 8.00. The number of para-hydroxylation sites is 1. The molecular weight excluding hydrogens is 378 g/mol. The van der Waals surface area contributed by atoms with E-state index in [1.807, 2.05) is 30.3 Å². The van der Waals surface area contributed by atoms with Crippen molar-refractivity contribution in [3.8, 4) is 23.1 Å². The Balaban J connectivity index is 1.65. The van der Waals surface area contributed by atoms with Gasteiger partial charge in [-0.2, -0.15) is 0 Å². The van der Waals surface area contributed by atoms with Crippen LogP contribution in [0.2, 0.25) is 0 Å². The molecule has 1 amide bonds. The molecule has 0 aliphatic heterocycles. The second kappa shape index (κ2) is 9.61. The highest BCUT2D eigenvalue weighted by Crippen LogP contribution is 2.31. The largest absolute Gasteiger partial charge is 0.497 e. The number of thioether (sulfide) groups is 1. The third-order valence-electron chi connectivity index (χ3n) is 3.61. The van der Waals surface area contributed by atoms with Crippen molar-refractivity contribution in [1.82, 2.24) is 9.97 Å². The number of nitrogens with zero attached hydrogens (tertiary/aromatic N) is 2. The number of hydrogen-bond acceptors (Lipinski definition) is 7. The SMILES string of the molecule is COc1ccc(OC)c(NC(=O)CSc2nccnc2Oc2ccccc2)c1. The van der Waals surface area contributed by atoms with Crippen molar-refractivity contribution in [3.05, 3.63) is 60.9 Å². The summed E-state index contributed by atoms with van der Waals surface area (Å²) in [6, 6.07) is 14.5. The third-order valence-corrected chi connectivity index (χ3v) is 4.57. The summed E-state index contributed by atoms with van der Waals surface area (Å²) in [5.74, 6) is 2.08. The molecule has 3 aromatic rings. The van der Waals surface area contributed by atoms with E-state index in [1.165, 1.54) is 11.8 Å². The Morgan fingerprint density at radius 3 is 2.54 bits per heavy atom. The summed E-state index contributed by atoms with van der Waals surface area (Å²) in [6.45, 7) is 0. The highest BCUT2D eigenvalue weighted by atomic mass is 32.2. The van der Waals surface area contributed by atoms with Gasteiger partial charge in [-0.05, 0) is 24.3 Å². The minimum absolute atomic E-state index is 0.129. The molecule has 1 heterocycles. The van der Waals surface area contributed by atoms with Gasteiger partial charge in [0.1, 0.15) is 17.2 Å². The Morgan fingerprint density at radius 2 is 1.79 bits per heavy atom. The molecule has 0 atom stereocenters. The first-order chi connectivity index (χ1) is 13.7. The minimum atomic E-state index is -0.215. The average molecular weight is 397 g/mol. The predicted molar refractivity (Wildman–Crippen MR) is 107 cm³/mol. The monoisotopic (exact) mass is 397 g/mol. The molecule has 0 spiro atoms. The maximum Gasteiger partial charge on any atom is 0.252 e. The number of carbonyl (C=O) groups excluding carboxylic acids is 1. The summed E-state index contributed by atoms with van der Waals surface area (Å²) in [5.41, 5.74) is 0.535. The molecule has 8 heteroatoms. The molecule has 3 rings (SSSR count). The lowest BCUT2D eigenvalue weighted by molar-refractivity contribution is -0.113. The number of anilines is 1. The minimum Gasteiger partial charge on any atom is -0.497 e. The lowest BCUT2D eigenvalue weighted by Crippen LogP contribution is -2.15. The highest BCUT2D eigenvalue weighted by Gasteiger charge is 2.13. The van der Waals surface area contributed by atoms with Crippen molar-refractivity contribution in [1.29, 1.82) is 0 Å². The lowest BCUT2D eigenvalue weighted by Gasteiger charge is -2.12. The fraction of sp³-hybridized carbons (Fsp3) is 0.150. The standard InChI is InChI=1S/C20H19N3O4S/c1-25-15-8-9-17(26-2)16(12-15)23-18(24)13-28-20-19(21-10-11-22-20)27-14-6-4-3-5-7-14/h3-12H,13H2,1-2H3,(H,23,24). The van der Waals surface area contributed by atoms with Gasteiger partial charge < -0.3 is 19.5 Å². The molecule has 28 heavy (non-hydrogen) atoms. The van der Waals surface area contributed by atoms with Gasteiger partial charge in [0.2, 0.25) is 5.91 Å². The first-order valence-electron chi connectivity index (χ1n) is 8.38.